The number of carbonyl (C=O) groups excluding carboxylic acids is 6. The molecule has 6 heterocycles. The Labute approximate surface area is 414 Å². The lowest BCUT2D eigenvalue weighted by atomic mass is 9.82. The summed E-state index contributed by atoms with van der Waals surface area (Å²) in [5.74, 6) is -75.8. The Hall–Kier alpha value is -5.04. The summed E-state index contributed by atoms with van der Waals surface area (Å²) in [7, 11) is 0. The standard InChI is InChI=1S/C44H37F17O13S/c1-2-68-14-12-21-26-28(35(66)73-33(26)64)22(70-21)16-23(75-15-13-37(45,46)38(47,48)39(49,50)40(51,52)41(53,54)42(55,56)43(57,58)44(59,60)61)30-29-27(34(65)74-36(29)67)20(71-30)11-10-19-25-24(31(62)72-32(25)63)18(69-19)9-8-17-6-4-3-5-7-17/h3-9,12,14,18-30H,2,10-11,13,15-16H2,1H3/b9-8-,14-12+/t18?,19?,20?,21?,22?,23?,24-,25+,26+,27+,28-,29+,30?/m1/s1. The molecule has 6 saturated heterocycles. The third-order valence-electron chi connectivity index (χ3n) is 13.6. The summed E-state index contributed by atoms with van der Waals surface area (Å²) in [6.45, 7) is 1.59. The molecule has 0 aromatic heterocycles. The van der Waals surface area contributed by atoms with E-state index in [0.717, 1.165) is 12.3 Å². The van der Waals surface area contributed by atoms with E-state index < -0.39 is 179 Å². The first kappa shape index (κ1) is 57.7. The van der Waals surface area contributed by atoms with Crippen LogP contribution in [0.15, 0.2) is 48.7 Å². The molecule has 1 aromatic rings. The molecule has 7 unspecified atom stereocenters. The Morgan fingerprint density at radius 1 is 0.533 bits per heavy atom. The van der Waals surface area contributed by atoms with E-state index in [1.807, 2.05) is 0 Å². The van der Waals surface area contributed by atoms with E-state index in [-0.39, 0.29) is 31.2 Å². The quantitative estimate of drug-likeness (QED) is 0.0380. The van der Waals surface area contributed by atoms with Gasteiger partial charge in [-0.1, -0.05) is 42.5 Å². The molecule has 13 atom stereocenters. The molecule has 75 heavy (non-hydrogen) atoms. The van der Waals surface area contributed by atoms with Gasteiger partial charge in [0.15, 0.2) is 0 Å². The first-order valence-corrected chi connectivity index (χ1v) is 23.2. The first-order valence-electron chi connectivity index (χ1n) is 22.2. The molecule has 6 aliphatic heterocycles. The van der Waals surface area contributed by atoms with Crippen LogP contribution in [0.4, 0.5) is 74.6 Å². The average molecular weight is 1130 g/mol. The van der Waals surface area contributed by atoms with E-state index >= 15 is 8.78 Å². The molecule has 0 radical (unpaired) electrons. The molecule has 0 saturated carbocycles. The van der Waals surface area contributed by atoms with Crippen molar-refractivity contribution in [3.63, 3.8) is 0 Å². The summed E-state index contributed by atoms with van der Waals surface area (Å²) in [4.78, 5) is 78.1. The van der Waals surface area contributed by atoms with Gasteiger partial charge in [0.05, 0.1) is 67.2 Å². The second kappa shape index (κ2) is 20.1. The van der Waals surface area contributed by atoms with E-state index in [1.165, 1.54) is 13.0 Å². The first-order chi connectivity index (χ1) is 34.6. The zero-order valence-electron chi connectivity index (χ0n) is 37.6. The predicted molar refractivity (Wildman–Crippen MR) is 212 cm³/mol. The van der Waals surface area contributed by atoms with Gasteiger partial charge in [0, 0.05) is 11.7 Å². The van der Waals surface area contributed by atoms with Crippen molar-refractivity contribution in [3.05, 3.63) is 54.3 Å². The second-order valence-corrected chi connectivity index (χ2v) is 19.3. The van der Waals surface area contributed by atoms with Crippen molar-refractivity contribution in [2.24, 2.45) is 35.5 Å². The predicted octanol–water partition coefficient (Wildman–Crippen LogP) is 8.17. The Morgan fingerprint density at radius 3 is 1.48 bits per heavy atom. The van der Waals surface area contributed by atoms with Crippen LogP contribution in [0.2, 0.25) is 0 Å². The normalized spacial score (nSPS) is 31.3. The smallest absolute Gasteiger partial charge is 0.460 e. The Balaban J connectivity index is 1.16. The molecule has 6 fully saturated rings. The Kier molecular flexibility index (Phi) is 15.4. The van der Waals surface area contributed by atoms with Crippen molar-refractivity contribution in [3.8, 4) is 0 Å². The zero-order chi connectivity index (χ0) is 55.8. The molecule has 7 rings (SSSR count). The largest absolute Gasteiger partial charge is 0.502 e. The van der Waals surface area contributed by atoms with Gasteiger partial charge >= 0.3 is 83.4 Å². The topological polar surface area (TPSA) is 167 Å². The van der Waals surface area contributed by atoms with Gasteiger partial charge in [-0.05, 0) is 43.6 Å². The third kappa shape index (κ3) is 9.55. The summed E-state index contributed by atoms with van der Waals surface area (Å²) in [5, 5.41) is -1.84. The van der Waals surface area contributed by atoms with Crippen molar-refractivity contribution in [1.82, 2.24) is 0 Å². The van der Waals surface area contributed by atoms with Gasteiger partial charge < -0.3 is 33.2 Å². The maximum atomic E-state index is 15.3. The molecule has 0 amide bonds. The zero-order valence-corrected chi connectivity index (χ0v) is 38.4. The van der Waals surface area contributed by atoms with Gasteiger partial charge in [0.1, 0.15) is 17.8 Å². The molecule has 0 aliphatic carbocycles. The molecular formula is C44H37F17O13S. The molecule has 1 aromatic carbocycles. The SMILES string of the molecule is CCO/C=C/C1OC(CC(SCCC(F)(F)C(F)(F)C(F)(F)C(F)(F)C(F)(F)C(F)(F)C(F)(F)C(F)(F)F)C2OC(CCC3OC(/C=C\c4ccccc4)[C@H]4C(=O)OC(=O)[C@@H]34)[C@@H]3C(=O)OC(=O)[C@H]23)[C@H]2C(=O)OC(=O)[C@@H]12. The molecule has 6 aliphatic rings. The molecule has 0 bridgehead atoms. The van der Waals surface area contributed by atoms with E-state index in [4.69, 9.17) is 33.2 Å². The van der Waals surface area contributed by atoms with Gasteiger partial charge in [0.25, 0.3) is 0 Å². The van der Waals surface area contributed by atoms with Gasteiger partial charge in [-0.15, -0.1) is 0 Å². The minimum absolute atomic E-state index is 0.0543. The minimum atomic E-state index is -8.84. The fourth-order valence-corrected chi connectivity index (χ4v) is 11.2. The van der Waals surface area contributed by atoms with Gasteiger partial charge in [0.2, 0.25) is 0 Å². The number of thioether (sulfide) groups is 1. The maximum absolute atomic E-state index is 15.3. The number of halogens is 17. The van der Waals surface area contributed by atoms with Crippen LogP contribution in [-0.4, -0.2) is 138 Å². The van der Waals surface area contributed by atoms with Crippen LogP contribution in [0.25, 0.3) is 6.08 Å². The van der Waals surface area contributed by atoms with Gasteiger partial charge in [-0.25, -0.2) is 0 Å². The van der Waals surface area contributed by atoms with Crippen molar-refractivity contribution in [2.75, 3.05) is 12.4 Å². The summed E-state index contributed by atoms with van der Waals surface area (Å²) >= 11 is -0.117. The number of benzene rings is 1. The highest BCUT2D eigenvalue weighted by molar-refractivity contribution is 7.99. The minimum Gasteiger partial charge on any atom is -0.502 e. The summed E-state index contributed by atoms with van der Waals surface area (Å²) < 4.78 is 277. The van der Waals surface area contributed by atoms with Crippen LogP contribution in [-0.2, 0) is 61.9 Å². The highest BCUT2D eigenvalue weighted by Crippen LogP contribution is 2.64. The molecule has 0 spiro atoms. The molecule has 0 N–H and O–H groups in total. The van der Waals surface area contributed by atoms with Crippen molar-refractivity contribution in [1.29, 1.82) is 0 Å². The molecule has 13 nitrogen and oxygen atoms in total. The fraction of sp³-hybridized carbons (Fsp3) is 0.636. The lowest BCUT2D eigenvalue weighted by molar-refractivity contribution is -0.461. The van der Waals surface area contributed by atoms with Crippen LogP contribution in [0.1, 0.15) is 38.2 Å². The van der Waals surface area contributed by atoms with E-state index in [1.54, 1.807) is 36.4 Å². The van der Waals surface area contributed by atoms with Crippen LogP contribution in [0, 0.1) is 35.5 Å². The maximum Gasteiger partial charge on any atom is 0.460 e. The number of alkyl halides is 17. The van der Waals surface area contributed by atoms with E-state index in [2.05, 4.69) is 0 Å². The number of cyclic esters (lactones) is 6. The van der Waals surface area contributed by atoms with Gasteiger partial charge in [-0.3, -0.25) is 28.8 Å². The summed E-state index contributed by atoms with van der Waals surface area (Å²) in [6.07, 6.45) is -15.8. The summed E-state index contributed by atoms with van der Waals surface area (Å²) in [6, 6.07) is 8.51. The molecule has 416 valence electrons. The monoisotopic (exact) mass is 1130 g/mol. The van der Waals surface area contributed by atoms with Crippen LogP contribution < -0.4 is 0 Å². The van der Waals surface area contributed by atoms with Crippen LogP contribution in [0.5, 0.6) is 0 Å². The molecular weight excluding hydrogens is 1090 g/mol. The Bertz CT molecular complexity index is 2460. The highest BCUT2D eigenvalue weighted by Gasteiger charge is 2.95. The number of hydrogen-bond acceptors (Lipinski definition) is 14. The van der Waals surface area contributed by atoms with Gasteiger partial charge in [-0.2, -0.15) is 86.4 Å². The lowest BCUT2D eigenvalue weighted by Crippen LogP contribution is -2.74. The van der Waals surface area contributed by atoms with Crippen LogP contribution >= 0.6 is 11.8 Å². The number of fused-ring (bicyclic) bond motifs is 3. The second-order valence-electron chi connectivity index (χ2n) is 18.0. The number of rotatable bonds is 21. The molecule has 31 heteroatoms. The highest BCUT2D eigenvalue weighted by atomic mass is 32.2. The third-order valence-corrected chi connectivity index (χ3v) is 14.9. The van der Waals surface area contributed by atoms with E-state index in [0.29, 0.717) is 5.56 Å². The van der Waals surface area contributed by atoms with Crippen molar-refractivity contribution >= 4 is 53.7 Å². The van der Waals surface area contributed by atoms with E-state index in [9.17, 15) is 94.6 Å². The number of carbonyl (C=O) groups is 6. The Morgan fingerprint density at radius 2 is 0.960 bits per heavy atom. The number of ether oxygens (including phenoxy) is 7. The number of esters is 6. The number of hydrogen-bond donors (Lipinski definition) is 0. The fourth-order valence-electron chi connectivity index (χ4n) is 9.76. The van der Waals surface area contributed by atoms with Crippen molar-refractivity contribution in [2.45, 2.75) is 122 Å². The lowest BCUT2D eigenvalue weighted by Gasteiger charge is -2.42. The van der Waals surface area contributed by atoms with Crippen molar-refractivity contribution < 1.29 is 137 Å². The average Bonchev–Trinajstić information content (AvgIpc) is 4.15. The van der Waals surface area contributed by atoms with Crippen LogP contribution in [0.3, 0.4) is 0 Å². The summed E-state index contributed by atoms with van der Waals surface area (Å²) in [5.41, 5.74) is 0.654.